The smallest absolute Gasteiger partial charge is 0.251 e. The fourth-order valence-corrected chi connectivity index (χ4v) is 3.44. The van der Waals surface area contributed by atoms with Crippen molar-refractivity contribution in [2.24, 2.45) is 5.92 Å². The van der Waals surface area contributed by atoms with E-state index < -0.39 is 0 Å². The van der Waals surface area contributed by atoms with Crippen molar-refractivity contribution in [2.45, 2.75) is 32.2 Å². The molecule has 0 spiro atoms. The number of hydrogen-bond donors (Lipinski definition) is 2. The van der Waals surface area contributed by atoms with Crippen LogP contribution in [0.25, 0.3) is 0 Å². The number of halogens is 1. The van der Waals surface area contributed by atoms with Crippen LogP contribution in [-0.2, 0) is 11.3 Å². The van der Waals surface area contributed by atoms with Gasteiger partial charge in [0.1, 0.15) is 0 Å². The lowest BCUT2D eigenvalue weighted by molar-refractivity contribution is -0.119. The predicted molar refractivity (Wildman–Crippen MR) is 107 cm³/mol. The third-order valence-corrected chi connectivity index (χ3v) is 5.20. The summed E-state index contributed by atoms with van der Waals surface area (Å²) in [6, 6.07) is 15.1. The number of hydrogen-bond acceptors (Lipinski definition) is 2. The topological polar surface area (TPSA) is 58.2 Å². The molecule has 130 valence electrons. The summed E-state index contributed by atoms with van der Waals surface area (Å²) in [5.41, 5.74) is 2.40. The van der Waals surface area contributed by atoms with Crippen molar-refractivity contribution >= 4 is 40.1 Å². The lowest BCUT2D eigenvalue weighted by Gasteiger charge is -2.12. The molecule has 2 N–H and O–H groups in total. The van der Waals surface area contributed by atoms with Crippen molar-refractivity contribution in [3.05, 3.63) is 63.2 Å². The zero-order chi connectivity index (χ0) is 17.6. The molecule has 1 fully saturated rings. The van der Waals surface area contributed by atoms with E-state index in [9.17, 15) is 9.59 Å². The van der Waals surface area contributed by atoms with Crippen LogP contribution in [0.15, 0.2) is 48.5 Å². The zero-order valence-corrected chi connectivity index (χ0v) is 16.1. The highest BCUT2D eigenvalue weighted by atomic mass is 127. The Bertz CT molecular complexity index is 753. The maximum absolute atomic E-state index is 12.2. The van der Waals surface area contributed by atoms with E-state index in [1.807, 2.05) is 48.5 Å². The van der Waals surface area contributed by atoms with E-state index >= 15 is 0 Å². The second kappa shape index (κ2) is 8.47. The Morgan fingerprint density at radius 2 is 1.76 bits per heavy atom. The minimum absolute atomic E-state index is 0.100. The lowest BCUT2D eigenvalue weighted by Crippen LogP contribution is -2.23. The molecule has 3 rings (SSSR count). The van der Waals surface area contributed by atoms with Gasteiger partial charge in [0.2, 0.25) is 5.91 Å². The highest BCUT2D eigenvalue weighted by molar-refractivity contribution is 14.1. The molecule has 0 atom stereocenters. The van der Waals surface area contributed by atoms with Crippen molar-refractivity contribution in [3.8, 4) is 0 Å². The zero-order valence-electron chi connectivity index (χ0n) is 13.9. The van der Waals surface area contributed by atoms with Gasteiger partial charge < -0.3 is 10.6 Å². The highest BCUT2D eigenvalue weighted by Crippen LogP contribution is 2.26. The summed E-state index contributed by atoms with van der Waals surface area (Å²) in [6.45, 7) is 0.429. The highest BCUT2D eigenvalue weighted by Gasteiger charge is 2.22. The van der Waals surface area contributed by atoms with Gasteiger partial charge in [0.15, 0.2) is 0 Å². The third-order valence-electron chi connectivity index (χ3n) is 4.48. The summed E-state index contributed by atoms with van der Waals surface area (Å²) in [5.74, 6) is 0.151. The Kier molecular flexibility index (Phi) is 6.07. The SMILES string of the molecule is O=C(NCc1cccc(NC(=O)C2CCCC2)c1)c1ccc(I)cc1. The van der Waals surface area contributed by atoms with E-state index in [0.717, 1.165) is 40.5 Å². The van der Waals surface area contributed by atoms with Crippen molar-refractivity contribution in [1.29, 1.82) is 0 Å². The van der Waals surface area contributed by atoms with Crippen LogP contribution >= 0.6 is 22.6 Å². The number of nitrogens with one attached hydrogen (secondary N) is 2. The van der Waals surface area contributed by atoms with Gasteiger partial charge in [-0.1, -0.05) is 25.0 Å². The number of rotatable bonds is 5. The van der Waals surface area contributed by atoms with E-state index in [4.69, 9.17) is 0 Å². The lowest BCUT2D eigenvalue weighted by atomic mass is 10.1. The molecule has 0 aliphatic heterocycles. The van der Waals surface area contributed by atoms with Crippen LogP contribution in [-0.4, -0.2) is 11.8 Å². The van der Waals surface area contributed by atoms with Gasteiger partial charge >= 0.3 is 0 Å². The fourth-order valence-electron chi connectivity index (χ4n) is 3.08. The van der Waals surface area contributed by atoms with Gasteiger partial charge in [-0.25, -0.2) is 0 Å². The van der Waals surface area contributed by atoms with Crippen LogP contribution in [0.5, 0.6) is 0 Å². The normalized spacial score (nSPS) is 14.3. The van der Waals surface area contributed by atoms with Gasteiger partial charge in [0.05, 0.1) is 0 Å². The van der Waals surface area contributed by atoms with Crippen molar-refractivity contribution in [1.82, 2.24) is 5.32 Å². The molecular formula is C20H21IN2O2. The summed E-state index contributed by atoms with van der Waals surface area (Å²) in [6.07, 6.45) is 4.25. The molecule has 0 bridgehead atoms. The Balaban J connectivity index is 1.56. The van der Waals surface area contributed by atoms with Gasteiger partial charge in [0.25, 0.3) is 5.91 Å². The monoisotopic (exact) mass is 448 g/mol. The number of anilines is 1. The molecule has 0 saturated heterocycles. The molecule has 2 aromatic carbocycles. The first-order chi connectivity index (χ1) is 12.1. The molecule has 0 unspecified atom stereocenters. The first-order valence-corrected chi connectivity index (χ1v) is 9.63. The van der Waals surface area contributed by atoms with Crippen molar-refractivity contribution in [3.63, 3.8) is 0 Å². The standard InChI is InChI=1S/C20H21IN2O2/c21-17-10-8-16(9-11-17)19(24)22-13-14-4-3-7-18(12-14)23-20(25)15-5-1-2-6-15/h3-4,7-12,15H,1-2,5-6,13H2,(H,22,24)(H,23,25). The van der Waals surface area contributed by atoms with Crippen LogP contribution < -0.4 is 10.6 Å². The first kappa shape index (κ1) is 17.9. The van der Waals surface area contributed by atoms with Gasteiger partial charge in [-0.3, -0.25) is 9.59 Å². The van der Waals surface area contributed by atoms with Crippen molar-refractivity contribution < 1.29 is 9.59 Å². The molecule has 2 amide bonds. The molecule has 0 radical (unpaired) electrons. The molecular weight excluding hydrogens is 427 g/mol. The maximum Gasteiger partial charge on any atom is 0.251 e. The van der Waals surface area contributed by atoms with Gasteiger partial charge in [-0.2, -0.15) is 0 Å². The van der Waals surface area contributed by atoms with Crippen LogP contribution in [0.2, 0.25) is 0 Å². The van der Waals surface area contributed by atoms with E-state index in [1.54, 1.807) is 0 Å². The number of carbonyl (C=O) groups excluding carboxylic acids is 2. The Morgan fingerprint density at radius 3 is 2.48 bits per heavy atom. The molecule has 0 aromatic heterocycles. The fraction of sp³-hybridized carbons (Fsp3) is 0.300. The molecule has 25 heavy (non-hydrogen) atoms. The summed E-state index contributed by atoms with van der Waals surface area (Å²) in [5, 5.41) is 5.91. The van der Waals surface area contributed by atoms with Crippen LogP contribution in [0.4, 0.5) is 5.69 Å². The van der Waals surface area contributed by atoms with Crippen molar-refractivity contribution in [2.75, 3.05) is 5.32 Å². The molecule has 1 aliphatic rings. The summed E-state index contributed by atoms with van der Waals surface area (Å²) < 4.78 is 1.10. The number of benzene rings is 2. The second-order valence-corrected chi connectivity index (χ2v) is 7.61. The number of amides is 2. The maximum atomic E-state index is 12.2. The van der Waals surface area contributed by atoms with E-state index in [2.05, 4.69) is 33.2 Å². The summed E-state index contributed by atoms with van der Waals surface area (Å²) in [4.78, 5) is 24.4. The Hall–Kier alpha value is -1.89. The summed E-state index contributed by atoms with van der Waals surface area (Å²) >= 11 is 2.21. The first-order valence-electron chi connectivity index (χ1n) is 8.55. The largest absolute Gasteiger partial charge is 0.348 e. The molecule has 2 aromatic rings. The Labute approximate surface area is 161 Å². The van der Waals surface area contributed by atoms with Crippen LogP contribution in [0, 0.1) is 9.49 Å². The Morgan fingerprint density at radius 1 is 1.04 bits per heavy atom. The summed E-state index contributed by atoms with van der Waals surface area (Å²) in [7, 11) is 0. The quantitative estimate of drug-likeness (QED) is 0.669. The van der Waals surface area contributed by atoms with Gasteiger partial charge in [0, 0.05) is 27.3 Å². The average Bonchev–Trinajstić information content (AvgIpc) is 3.15. The molecule has 1 aliphatic carbocycles. The van der Waals surface area contributed by atoms with Gasteiger partial charge in [-0.05, 0) is 77.4 Å². The van der Waals surface area contributed by atoms with E-state index in [0.29, 0.717) is 12.1 Å². The number of carbonyl (C=O) groups is 2. The molecule has 1 saturated carbocycles. The molecule has 5 heteroatoms. The van der Waals surface area contributed by atoms with Gasteiger partial charge in [-0.15, -0.1) is 0 Å². The molecule has 4 nitrogen and oxygen atoms in total. The average molecular weight is 448 g/mol. The second-order valence-electron chi connectivity index (χ2n) is 6.36. The minimum atomic E-state index is -0.100. The van der Waals surface area contributed by atoms with Crippen LogP contribution in [0.1, 0.15) is 41.6 Å². The predicted octanol–water partition coefficient (Wildman–Crippen LogP) is 4.35. The minimum Gasteiger partial charge on any atom is -0.348 e. The van der Waals surface area contributed by atoms with E-state index in [1.165, 1.54) is 0 Å². The third kappa shape index (κ3) is 5.04. The van der Waals surface area contributed by atoms with Crippen LogP contribution in [0.3, 0.4) is 0 Å². The molecule has 0 heterocycles. The van der Waals surface area contributed by atoms with E-state index in [-0.39, 0.29) is 17.7 Å².